The van der Waals surface area contributed by atoms with Gasteiger partial charge in [0.25, 0.3) is 0 Å². The second kappa shape index (κ2) is 6.48. The first-order valence-electron chi connectivity index (χ1n) is 8.05. The predicted molar refractivity (Wildman–Crippen MR) is 85.3 cm³/mol. The number of para-hydroxylation sites is 1. The van der Waals surface area contributed by atoms with Crippen LogP contribution in [0.4, 0.5) is 5.69 Å². The Morgan fingerprint density at radius 1 is 1.27 bits per heavy atom. The third-order valence-electron chi connectivity index (χ3n) is 4.71. The molecule has 2 heterocycles. The molecule has 1 atom stereocenters. The summed E-state index contributed by atoms with van der Waals surface area (Å²) in [5, 5.41) is 2.94. The Morgan fingerprint density at radius 2 is 2.00 bits per heavy atom. The van der Waals surface area contributed by atoms with Gasteiger partial charge in [-0.05, 0) is 37.3 Å². The molecule has 0 spiro atoms. The monoisotopic (exact) mass is 301 g/mol. The van der Waals surface area contributed by atoms with Crippen LogP contribution < -0.4 is 11.1 Å². The average Bonchev–Trinajstić information content (AvgIpc) is 2.53. The first kappa shape index (κ1) is 15.0. The molecule has 2 aliphatic heterocycles. The van der Waals surface area contributed by atoms with Crippen LogP contribution in [0.5, 0.6) is 0 Å². The molecule has 118 valence electrons. The van der Waals surface area contributed by atoms with E-state index >= 15 is 0 Å². The van der Waals surface area contributed by atoms with Gasteiger partial charge in [0, 0.05) is 37.2 Å². The maximum absolute atomic E-state index is 12.3. The highest BCUT2D eigenvalue weighted by atomic mass is 16.2. The van der Waals surface area contributed by atoms with E-state index in [9.17, 15) is 9.59 Å². The first-order chi connectivity index (χ1) is 10.6. The number of fused-ring (bicyclic) bond motifs is 1. The van der Waals surface area contributed by atoms with Crippen LogP contribution in [0.1, 0.15) is 31.2 Å². The molecule has 0 bridgehead atoms. The maximum atomic E-state index is 12.3. The molecule has 5 heteroatoms. The number of carbonyl (C=O) groups is 2. The topological polar surface area (TPSA) is 75.4 Å². The summed E-state index contributed by atoms with van der Waals surface area (Å²) in [6.07, 6.45) is 3.53. The molecule has 1 fully saturated rings. The minimum absolute atomic E-state index is 0.0344. The van der Waals surface area contributed by atoms with Gasteiger partial charge < -0.3 is 16.0 Å². The van der Waals surface area contributed by atoms with Crippen molar-refractivity contribution < 1.29 is 9.59 Å². The second-order valence-corrected chi connectivity index (χ2v) is 6.30. The number of carbonyl (C=O) groups excluding carboxylic acids is 2. The van der Waals surface area contributed by atoms with E-state index in [1.54, 1.807) is 0 Å². The molecule has 1 saturated heterocycles. The van der Waals surface area contributed by atoms with Crippen LogP contribution in [-0.2, 0) is 16.0 Å². The van der Waals surface area contributed by atoms with Crippen molar-refractivity contribution in [1.82, 2.24) is 4.90 Å². The van der Waals surface area contributed by atoms with Crippen molar-refractivity contribution in [3.63, 3.8) is 0 Å². The van der Waals surface area contributed by atoms with E-state index in [1.807, 2.05) is 29.2 Å². The van der Waals surface area contributed by atoms with Gasteiger partial charge >= 0.3 is 0 Å². The molecule has 3 N–H and O–H groups in total. The molecule has 0 radical (unpaired) electrons. The quantitative estimate of drug-likeness (QED) is 0.889. The van der Waals surface area contributed by atoms with Crippen molar-refractivity contribution in [2.75, 3.05) is 18.4 Å². The van der Waals surface area contributed by atoms with Crippen molar-refractivity contribution >= 4 is 17.5 Å². The van der Waals surface area contributed by atoms with E-state index in [1.165, 1.54) is 0 Å². The number of benzene rings is 1. The summed E-state index contributed by atoms with van der Waals surface area (Å²) in [6.45, 7) is 1.50. The Bertz CT molecular complexity index is 565. The van der Waals surface area contributed by atoms with Gasteiger partial charge in [-0.25, -0.2) is 0 Å². The Morgan fingerprint density at radius 3 is 2.77 bits per heavy atom. The van der Waals surface area contributed by atoms with Gasteiger partial charge in [-0.1, -0.05) is 18.2 Å². The number of hydrogen-bond donors (Lipinski definition) is 2. The van der Waals surface area contributed by atoms with Crippen molar-refractivity contribution in [2.24, 2.45) is 11.7 Å². The van der Waals surface area contributed by atoms with Crippen molar-refractivity contribution in [2.45, 2.75) is 38.1 Å². The van der Waals surface area contributed by atoms with E-state index in [-0.39, 0.29) is 23.8 Å². The number of anilines is 1. The van der Waals surface area contributed by atoms with Crippen LogP contribution in [0.25, 0.3) is 0 Å². The average molecular weight is 301 g/mol. The summed E-state index contributed by atoms with van der Waals surface area (Å²) in [7, 11) is 0. The van der Waals surface area contributed by atoms with Gasteiger partial charge in [0.05, 0.1) is 0 Å². The van der Waals surface area contributed by atoms with Gasteiger partial charge in [0.15, 0.2) is 0 Å². The number of piperidine rings is 1. The Labute approximate surface area is 130 Å². The molecule has 0 saturated carbocycles. The van der Waals surface area contributed by atoms with Crippen molar-refractivity contribution in [1.29, 1.82) is 0 Å². The summed E-state index contributed by atoms with van der Waals surface area (Å²) in [5.41, 5.74) is 7.92. The number of nitrogens with one attached hydrogen (secondary N) is 1. The fourth-order valence-corrected chi connectivity index (χ4v) is 3.25. The fraction of sp³-hybridized carbons (Fsp3) is 0.529. The lowest BCUT2D eigenvalue weighted by Crippen LogP contribution is -2.43. The molecular weight excluding hydrogens is 278 g/mol. The highest BCUT2D eigenvalue weighted by Crippen LogP contribution is 2.27. The molecule has 22 heavy (non-hydrogen) atoms. The lowest BCUT2D eigenvalue weighted by molar-refractivity contribution is -0.132. The molecular formula is C17H23N3O2. The second-order valence-electron chi connectivity index (χ2n) is 6.30. The van der Waals surface area contributed by atoms with Gasteiger partial charge in [-0.15, -0.1) is 0 Å². The Hall–Kier alpha value is -1.88. The van der Waals surface area contributed by atoms with Crippen LogP contribution in [-0.4, -0.2) is 35.8 Å². The largest absolute Gasteiger partial charge is 0.343 e. The van der Waals surface area contributed by atoms with Gasteiger partial charge in [-0.2, -0.15) is 0 Å². The number of nitrogens with two attached hydrogens (primary N) is 1. The predicted octanol–water partition coefficient (Wildman–Crippen LogP) is 1.53. The highest BCUT2D eigenvalue weighted by Gasteiger charge is 2.27. The van der Waals surface area contributed by atoms with E-state index in [2.05, 4.69) is 5.32 Å². The fourth-order valence-electron chi connectivity index (χ4n) is 3.25. The number of rotatable bonds is 3. The standard InChI is InChI=1S/C17H23N3O2/c18-14-7-9-20(10-8-14)16(21)6-5-13-11-12-3-1-2-4-15(12)19-17(13)22/h1-4,13-14H,5-11,18H2,(H,19,22). The van der Waals surface area contributed by atoms with Gasteiger partial charge in [0.1, 0.15) is 0 Å². The summed E-state index contributed by atoms with van der Waals surface area (Å²) in [5.74, 6) is 0.0802. The first-order valence-corrected chi connectivity index (χ1v) is 8.05. The molecule has 3 rings (SSSR count). The van der Waals surface area contributed by atoms with Crippen LogP contribution >= 0.6 is 0 Å². The lowest BCUT2D eigenvalue weighted by Gasteiger charge is -2.31. The smallest absolute Gasteiger partial charge is 0.227 e. The summed E-state index contributed by atoms with van der Waals surface area (Å²) in [6, 6.07) is 8.09. The van der Waals surface area contributed by atoms with E-state index < -0.39 is 0 Å². The van der Waals surface area contributed by atoms with E-state index in [0.717, 1.165) is 43.6 Å². The summed E-state index contributed by atoms with van der Waals surface area (Å²) < 4.78 is 0. The minimum Gasteiger partial charge on any atom is -0.343 e. The number of amides is 2. The van der Waals surface area contributed by atoms with Crippen LogP contribution in [0.2, 0.25) is 0 Å². The Kier molecular flexibility index (Phi) is 4.43. The van der Waals surface area contributed by atoms with Gasteiger partial charge in [-0.3, -0.25) is 9.59 Å². The van der Waals surface area contributed by atoms with E-state index in [4.69, 9.17) is 5.73 Å². The number of likely N-dealkylation sites (tertiary alicyclic amines) is 1. The normalized spacial score (nSPS) is 22.1. The summed E-state index contributed by atoms with van der Waals surface area (Å²) in [4.78, 5) is 26.3. The molecule has 1 aromatic rings. The minimum atomic E-state index is -0.106. The van der Waals surface area contributed by atoms with Crippen LogP contribution in [0, 0.1) is 5.92 Å². The molecule has 5 nitrogen and oxygen atoms in total. The van der Waals surface area contributed by atoms with Gasteiger partial charge in [0.2, 0.25) is 11.8 Å². The number of hydrogen-bond acceptors (Lipinski definition) is 3. The lowest BCUT2D eigenvalue weighted by atomic mass is 9.89. The van der Waals surface area contributed by atoms with E-state index in [0.29, 0.717) is 12.8 Å². The van der Waals surface area contributed by atoms with Crippen LogP contribution in [0.15, 0.2) is 24.3 Å². The molecule has 1 unspecified atom stereocenters. The third-order valence-corrected chi connectivity index (χ3v) is 4.71. The van der Waals surface area contributed by atoms with Crippen molar-refractivity contribution in [3.05, 3.63) is 29.8 Å². The van der Waals surface area contributed by atoms with Crippen molar-refractivity contribution in [3.8, 4) is 0 Å². The zero-order valence-corrected chi connectivity index (χ0v) is 12.8. The number of nitrogens with zero attached hydrogens (tertiary/aromatic N) is 1. The third kappa shape index (κ3) is 3.30. The summed E-state index contributed by atoms with van der Waals surface area (Å²) >= 11 is 0. The molecule has 2 amide bonds. The van der Waals surface area contributed by atoms with Crippen LogP contribution in [0.3, 0.4) is 0 Å². The highest BCUT2D eigenvalue weighted by molar-refractivity contribution is 5.96. The molecule has 1 aromatic carbocycles. The molecule has 0 aromatic heterocycles. The Balaban J connectivity index is 1.53. The zero-order chi connectivity index (χ0) is 15.5. The zero-order valence-electron chi connectivity index (χ0n) is 12.8. The SMILES string of the molecule is NC1CCN(C(=O)CCC2Cc3ccccc3NC2=O)CC1. The molecule has 0 aliphatic carbocycles. The maximum Gasteiger partial charge on any atom is 0.227 e. The molecule has 2 aliphatic rings.